The topological polar surface area (TPSA) is 16.1 Å². The molecule has 19 heavy (non-hydrogen) atoms. The molecule has 1 aromatic carbocycles. The van der Waals surface area contributed by atoms with Crippen LogP contribution in [0.1, 0.15) is 23.1 Å². The molecule has 1 aromatic heterocycles. The molecule has 0 bridgehead atoms. The summed E-state index contributed by atoms with van der Waals surface area (Å²) < 4.78 is 1.05. The predicted molar refractivity (Wildman–Crippen MR) is 82.5 cm³/mol. The standard InChI is InChI=1S/C16H17BrN2/c1-12-4-5-16-14(7-12)3-2-6-19(16)11-13-8-15(17)10-18-9-13/h4-5,7-10H,2-3,6,11H2,1H3. The lowest BCUT2D eigenvalue weighted by Gasteiger charge is -2.31. The first-order valence-corrected chi connectivity index (χ1v) is 7.45. The molecule has 98 valence electrons. The van der Waals surface area contributed by atoms with Crippen LogP contribution in [-0.4, -0.2) is 11.5 Å². The van der Waals surface area contributed by atoms with Crippen LogP contribution >= 0.6 is 15.9 Å². The summed E-state index contributed by atoms with van der Waals surface area (Å²) in [6.45, 7) is 4.22. The van der Waals surface area contributed by atoms with Crippen molar-refractivity contribution in [3.63, 3.8) is 0 Å². The molecular formula is C16H17BrN2. The van der Waals surface area contributed by atoms with Crippen molar-refractivity contribution in [1.82, 2.24) is 4.98 Å². The summed E-state index contributed by atoms with van der Waals surface area (Å²) in [6.07, 6.45) is 6.21. The molecule has 0 atom stereocenters. The number of benzene rings is 1. The summed E-state index contributed by atoms with van der Waals surface area (Å²) in [7, 11) is 0. The third-order valence-electron chi connectivity index (χ3n) is 3.58. The predicted octanol–water partition coefficient (Wildman–Crippen LogP) is 4.11. The van der Waals surface area contributed by atoms with Crippen LogP contribution in [-0.2, 0) is 13.0 Å². The van der Waals surface area contributed by atoms with Crippen molar-refractivity contribution in [3.8, 4) is 0 Å². The van der Waals surface area contributed by atoms with Crippen LogP contribution in [0.15, 0.2) is 41.1 Å². The Morgan fingerprint density at radius 3 is 3.00 bits per heavy atom. The van der Waals surface area contributed by atoms with Crippen LogP contribution < -0.4 is 4.90 Å². The molecule has 0 amide bonds. The van der Waals surface area contributed by atoms with Crippen molar-refractivity contribution in [2.24, 2.45) is 0 Å². The number of hydrogen-bond donors (Lipinski definition) is 0. The Labute approximate surface area is 122 Å². The molecule has 3 rings (SSSR count). The number of aryl methyl sites for hydroxylation is 2. The van der Waals surface area contributed by atoms with Gasteiger partial charge in [0.2, 0.25) is 0 Å². The highest BCUT2D eigenvalue weighted by atomic mass is 79.9. The maximum atomic E-state index is 4.25. The quantitative estimate of drug-likeness (QED) is 0.829. The van der Waals surface area contributed by atoms with E-state index in [0.717, 1.165) is 17.6 Å². The van der Waals surface area contributed by atoms with Crippen LogP contribution in [0.25, 0.3) is 0 Å². The van der Waals surface area contributed by atoms with E-state index in [0.29, 0.717) is 0 Å². The second-order valence-corrected chi connectivity index (χ2v) is 6.08. The Morgan fingerprint density at radius 2 is 2.16 bits per heavy atom. The highest BCUT2D eigenvalue weighted by Gasteiger charge is 2.16. The van der Waals surface area contributed by atoms with Crippen LogP contribution in [0, 0.1) is 6.92 Å². The molecule has 0 radical (unpaired) electrons. The lowest BCUT2D eigenvalue weighted by molar-refractivity contribution is 0.689. The molecule has 0 spiro atoms. The summed E-state index contributed by atoms with van der Waals surface area (Å²) in [5.74, 6) is 0. The Morgan fingerprint density at radius 1 is 1.26 bits per heavy atom. The lowest BCUT2D eigenvalue weighted by Crippen LogP contribution is -2.28. The van der Waals surface area contributed by atoms with Gasteiger partial charge >= 0.3 is 0 Å². The number of pyridine rings is 1. The van der Waals surface area contributed by atoms with Gasteiger partial charge < -0.3 is 4.90 Å². The molecule has 2 nitrogen and oxygen atoms in total. The zero-order chi connectivity index (χ0) is 13.2. The van der Waals surface area contributed by atoms with E-state index >= 15 is 0 Å². The molecule has 2 aromatic rings. The average Bonchev–Trinajstić information content (AvgIpc) is 2.38. The Bertz CT molecular complexity index is 595. The monoisotopic (exact) mass is 316 g/mol. The zero-order valence-electron chi connectivity index (χ0n) is 11.1. The molecule has 1 aliphatic rings. The Balaban J connectivity index is 1.87. The third-order valence-corrected chi connectivity index (χ3v) is 4.02. The molecule has 0 aliphatic carbocycles. The second-order valence-electron chi connectivity index (χ2n) is 5.17. The number of nitrogens with zero attached hydrogens (tertiary/aromatic N) is 2. The van der Waals surface area contributed by atoms with E-state index in [-0.39, 0.29) is 0 Å². The molecular weight excluding hydrogens is 300 g/mol. The van der Waals surface area contributed by atoms with Crippen LogP contribution in [0.4, 0.5) is 5.69 Å². The molecule has 0 unspecified atom stereocenters. The Hall–Kier alpha value is -1.35. The molecule has 0 saturated carbocycles. The fourth-order valence-electron chi connectivity index (χ4n) is 2.73. The van der Waals surface area contributed by atoms with E-state index in [1.807, 2.05) is 12.4 Å². The van der Waals surface area contributed by atoms with Crippen molar-refractivity contribution < 1.29 is 0 Å². The summed E-state index contributed by atoms with van der Waals surface area (Å²) >= 11 is 3.49. The third kappa shape index (κ3) is 2.81. The fourth-order valence-corrected chi connectivity index (χ4v) is 3.14. The van der Waals surface area contributed by atoms with Crippen molar-refractivity contribution in [2.75, 3.05) is 11.4 Å². The molecule has 0 N–H and O–H groups in total. The van der Waals surface area contributed by atoms with E-state index < -0.39 is 0 Å². The van der Waals surface area contributed by atoms with Crippen molar-refractivity contribution >= 4 is 21.6 Å². The van der Waals surface area contributed by atoms with Gasteiger partial charge in [-0.1, -0.05) is 17.7 Å². The van der Waals surface area contributed by atoms with Gasteiger partial charge in [-0.3, -0.25) is 4.98 Å². The first-order chi connectivity index (χ1) is 9.22. The smallest absolute Gasteiger partial charge is 0.0445 e. The lowest BCUT2D eigenvalue weighted by atomic mass is 9.99. The van der Waals surface area contributed by atoms with Gasteiger partial charge in [0.15, 0.2) is 0 Å². The number of anilines is 1. The van der Waals surface area contributed by atoms with Crippen LogP contribution in [0.2, 0.25) is 0 Å². The summed E-state index contributed by atoms with van der Waals surface area (Å²) in [5, 5.41) is 0. The number of halogens is 1. The van der Waals surface area contributed by atoms with Gasteiger partial charge in [-0.25, -0.2) is 0 Å². The average molecular weight is 317 g/mol. The number of hydrogen-bond acceptors (Lipinski definition) is 2. The number of fused-ring (bicyclic) bond motifs is 1. The molecule has 3 heteroatoms. The van der Waals surface area contributed by atoms with Crippen LogP contribution in [0.5, 0.6) is 0 Å². The normalized spacial score (nSPS) is 14.3. The molecule has 1 aliphatic heterocycles. The van der Waals surface area contributed by atoms with E-state index in [9.17, 15) is 0 Å². The first-order valence-electron chi connectivity index (χ1n) is 6.66. The van der Waals surface area contributed by atoms with E-state index in [1.54, 1.807) is 0 Å². The first kappa shape index (κ1) is 12.7. The van der Waals surface area contributed by atoms with Crippen molar-refractivity contribution in [1.29, 1.82) is 0 Å². The Kier molecular flexibility index (Phi) is 3.56. The molecule has 0 saturated heterocycles. The van der Waals surface area contributed by atoms with E-state index in [4.69, 9.17) is 0 Å². The molecule has 0 fully saturated rings. The van der Waals surface area contributed by atoms with Crippen molar-refractivity contribution in [3.05, 3.63) is 57.8 Å². The van der Waals surface area contributed by atoms with Gasteiger partial charge in [0.05, 0.1) is 0 Å². The van der Waals surface area contributed by atoms with Gasteiger partial charge in [-0.15, -0.1) is 0 Å². The largest absolute Gasteiger partial charge is 0.367 e. The number of rotatable bonds is 2. The molecule has 2 heterocycles. The highest BCUT2D eigenvalue weighted by molar-refractivity contribution is 9.10. The maximum absolute atomic E-state index is 4.25. The van der Waals surface area contributed by atoms with E-state index in [2.05, 4.69) is 57.0 Å². The minimum atomic E-state index is 0.933. The summed E-state index contributed by atoms with van der Waals surface area (Å²) in [5.41, 5.74) is 5.47. The summed E-state index contributed by atoms with van der Waals surface area (Å²) in [6, 6.07) is 8.93. The van der Waals surface area contributed by atoms with Gasteiger partial charge in [0.25, 0.3) is 0 Å². The SMILES string of the molecule is Cc1ccc2c(c1)CCCN2Cc1cncc(Br)c1. The maximum Gasteiger partial charge on any atom is 0.0445 e. The second kappa shape index (κ2) is 5.33. The van der Waals surface area contributed by atoms with E-state index in [1.165, 1.54) is 35.2 Å². The minimum absolute atomic E-state index is 0.933. The van der Waals surface area contributed by atoms with Gasteiger partial charge in [0.1, 0.15) is 0 Å². The summed E-state index contributed by atoms with van der Waals surface area (Å²) in [4.78, 5) is 6.71. The van der Waals surface area contributed by atoms with Gasteiger partial charge in [-0.05, 0) is 59.0 Å². The van der Waals surface area contributed by atoms with Gasteiger partial charge in [0, 0.05) is 35.6 Å². The highest BCUT2D eigenvalue weighted by Crippen LogP contribution is 2.29. The minimum Gasteiger partial charge on any atom is -0.367 e. The van der Waals surface area contributed by atoms with Crippen LogP contribution in [0.3, 0.4) is 0 Å². The zero-order valence-corrected chi connectivity index (χ0v) is 12.7. The van der Waals surface area contributed by atoms with Crippen molar-refractivity contribution in [2.45, 2.75) is 26.3 Å². The van der Waals surface area contributed by atoms with Gasteiger partial charge in [-0.2, -0.15) is 0 Å². The fraction of sp³-hybridized carbons (Fsp3) is 0.312. The number of aromatic nitrogens is 1.